The van der Waals surface area contributed by atoms with Gasteiger partial charge in [-0.05, 0) is 204 Å². The Morgan fingerprint density at radius 2 is 0.970 bits per heavy atom. The van der Waals surface area contributed by atoms with Crippen LogP contribution >= 0.6 is 205 Å². The van der Waals surface area contributed by atoms with Crippen molar-refractivity contribution in [1.82, 2.24) is 54.4 Å². The van der Waals surface area contributed by atoms with E-state index in [9.17, 15) is 0 Å². The van der Waals surface area contributed by atoms with Crippen LogP contribution in [0, 0.1) is 13.8 Å². The number of hydrogen-bond acceptors (Lipinski definition) is 14. The molecule has 6 aliphatic rings. The summed E-state index contributed by atoms with van der Waals surface area (Å²) in [5.74, 6) is 3.57. The van der Waals surface area contributed by atoms with Gasteiger partial charge in [0.05, 0.1) is 60.9 Å². The first-order valence-corrected chi connectivity index (χ1v) is 76.6. The van der Waals surface area contributed by atoms with Gasteiger partial charge in [0.15, 0.2) is 11.3 Å². The second-order valence-electron chi connectivity index (χ2n) is 24.9. The van der Waals surface area contributed by atoms with E-state index in [0.29, 0.717) is 11.2 Å². The third-order valence-electron chi connectivity index (χ3n) is 18.3. The SMILES string of the molecule is Cc1cccc2ncnc(Cl)c12.Cc1cccc2ncnc(N3CCCCC3c3cc4nc5c(c(N6CCOCC6)n4n3)CCCCC5)c12.PP(P)P(P)P(P(P)P)P(P(P(P)P)P(P)P)P(P(P)P)P(P)P.c1c(C2CCCCN2)nn2c(N3CCOCC3)c3c(nc12)CCCCC3. The predicted molar refractivity (Wildman–Crippen MR) is 499 cm³/mol. The Bertz CT molecular complexity index is 3890. The molecular formula is C58H97ClN14O2P24. The summed E-state index contributed by atoms with van der Waals surface area (Å²) in [5, 5.41) is 16.6. The van der Waals surface area contributed by atoms with E-state index in [0.717, 1.165) is 160 Å². The van der Waals surface area contributed by atoms with Crippen molar-refractivity contribution in [3.8, 4) is 0 Å². The summed E-state index contributed by atoms with van der Waals surface area (Å²) in [4.78, 5) is 35.1. The molecule has 17 atom stereocenters. The Morgan fingerprint density at radius 1 is 0.485 bits per heavy atom. The van der Waals surface area contributed by atoms with Gasteiger partial charge in [0.1, 0.15) is 35.3 Å². The smallest absolute Gasteiger partial charge is 0.157 e. The number of halogens is 1. The van der Waals surface area contributed by atoms with Crippen LogP contribution in [0.1, 0.15) is 134 Å². The minimum atomic E-state index is -0.0148. The van der Waals surface area contributed by atoms with Gasteiger partial charge in [0.2, 0.25) is 0 Å². The molecule has 1 N–H and O–H groups in total. The van der Waals surface area contributed by atoms with Gasteiger partial charge in [-0.1, -0.05) is 55.1 Å². The molecule has 2 aromatic carbocycles. The average molecular weight is 1800 g/mol. The molecule has 41 heteroatoms. The maximum absolute atomic E-state index is 5.91. The molecule has 2 aliphatic carbocycles. The van der Waals surface area contributed by atoms with E-state index in [1.54, 1.807) is 6.33 Å². The maximum Gasteiger partial charge on any atom is 0.157 e. The van der Waals surface area contributed by atoms with Gasteiger partial charge < -0.3 is 29.5 Å². The number of benzene rings is 2. The number of hydrogen-bond donors (Lipinski definition) is 1. The number of nitrogens with one attached hydrogen (secondary N) is 1. The van der Waals surface area contributed by atoms with Crippen LogP contribution in [0.2, 0.25) is 5.15 Å². The van der Waals surface area contributed by atoms with Crippen LogP contribution in [0.3, 0.4) is 0 Å². The summed E-state index contributed by atoms with van der Waals surface area (Å²) in [6.07, 6.45) is 22.2. The number of anilines is 3. The fourth-order valence-corrected chi connectivity index (χ4v) is 303. The molecule has 0 saturated carbocycles. The molecule has 8 aromatic rings. The highest BCUT2D eigenvalue weighted by molar-refractivity contribution is 9.40. The van der Waals surface area contributed by atoms with Crippen molar-refractivity contribution in [2.75, 3.05) is 80.4 Å². The largest absolute Gasteiger partial charge is 0.378 e. The minimum Gasteiger partial charge on any atom is -0.378 e. The molecule has 0 bridgehead atoms. The van der Waals surface area contributed by atoms with Crippen molar-refractivity contribution < 1.29 is 9.47 Å². The van der Waals surface area contributed by atoms with E-state index in [2.05, 4.69) is 197 Å². The van der Waals surface area contributed by atoms with E-state index in [1.165, 1.54) is 110 Å². The maximum atomic E-state index is 5.91. The zero-order valence-corrected chi connectivity index (χ0v) is 81.9. The van der Waals surface area contributed by atoms with E-state index < -0.39 is 0 Å². The van der Waals surface area contributed by atoms with Gasteiger partial charge >= 0.3 is 0 Å². The highest BCUT2D eigenvalue weighted by Gasteiger charge is 2.46. The van der Waals surface area contributed by atoms with Gasteiger partial charge in [0.25, 0.3) is 0 Å². The normalized spacial score (nSPS) is 19.4. The van der Waals surface area contributed by atoms with Crippen LogP contribution in [-0.4, -0.2) is 115 Å². The summed E-state index contributed by atoms with van der Waals surface area (Å²) in [5.41, 5.74) is 13.9. The Labute approximate surface area is 634 Å². The predicted octanol–water partition coefficient (Wildman–Crippen LogP) is 23.8. The van der Waals surface area contributed by atoms with Crippen LogP contribution in [0.25, 0.3) is 33.1 Å². The van der Waals surface area contributed by atoms with Gasteiger partial charge in [0, 0.05) is 78.1 Å². The Hall–Kier alpha value is 4.25. The van der Waals surface area contributed by atoms with Gasteiger partial charge in [-0.25, -0.2) is 29.9 Å². The fourth-order valence-electron chi connectivity index (χ4n) is 13.7. The molecule has 0 radical (unpaired) electrons. The Kier molecular flexibility index (Phi) is 35.1. The molecule has 4 aliphatic heterocycles. The first-order valence-electron chi connectivity index (χ1n) is 33.4. The van der Waals surface area contributed by atoms with E-state index in [-0.39, 0.29) is 82.9 Å². The number of morpholine rings is 2. The first-order chi connectivity index (χ1) is 47.8. The topological polar surface area (TPSA) is 152 Å². The lowest BCUT2D eigenvalue weighted by molar-refractivity contribution is 0.122. The number of aryl methyl sites for hydroxylation is 4. The van der Waals surface area contributed by atoms with Crippen LogP contribution in [0.15, 0.2) is 61.2 Å². The summed E-state index contributed by atoms with van der Waals surface area (Å²) < 4.78 is 15.6. The molecule has 4 saturated heterocycles. The molecule has 14 rings (SSSR count). The molecule has 0 amide bonds. The lowest BCUT2D eigenvalue weighted by Crippen LogP contribution is -2.38. The number of piperidine rings is 2. The Morgan fingerprint density at radius 3 is 1.47 bits per heavy atom. The third kappa shape index (κ3) is 21.4. The second kappa shape index (κ2) is 41.3. The van der Waals surface area contributed by atoms with E-state index in [4.69, 9.17) is 46.2 Å². The van der Waals surface area contributed by atoms with Crippen LogP contribution in [0.4, 0.5) is 17.5 Å². The van der Waals surface area contributed by atoms with E-state index >= 15 is 0 Å². The fraction of sp³-hybridized carbons (Fsp3) is 0.517. The minimum absolute atomic E-state index is 0.00181. The number of nitrogens with zero attached hydrogens (tertiary/aromatic N) is 13. The third-order valence-corrected chi connectivity index (χ3v) is 173. The summed E-state index contributed by atoms with van der Waals surface area (Å²) in [6, 6.07) is 17.2. The summed E-state index contributed by atoms with van der Waals surface area (Å²) in [7, 11) is 41.8. The van der Waals surface area contributed by atoms with Gasteiger partial charge in [-0.3, -0.25) is 0 Å². The van der Waals surface area contributed by atoms with E-state index in [1.807, 2.05) is 25.1 Å². The van der Waals surface area contributed by atoms with Gasteiger partial charge in [-0.15, -0.1) is 116 Å². The van der Waals surface area contributed by atoms with Crippen molar-refractivity contribution >= 4 is 255 Å². The molecule has 17 unspecified atom stereocenters. The molecule has 99 heavy (non-hydrogen) atoms. The van der Waals surface area contributed by atoms with Crippen molar-refractivity contribution in [3.05, 3.63) is 111 Å². The van der Waals surface area contributed by atoms with Crippen LogP contribution < -0.4 is 20.0 Å². The summed E-state index contributed by atoms with van der Waals surface area (Å²) >= 11 is 5.91. The highest BCUT2D eigenvalue weighted by Crippen LogP contribution is 3.34. The lowest BCUT2D eigenvalue weighted by Gasteiger charge is -2.48. The molecule has 538 valence electrons. The van der Waals surface area contributed by atoms with Crippen molar-refractivity contribution in [2.45, 2.75) is 129 Å². The van der Waals surface area contributed by atoms with Crippen molar-refractivity contribution in [1.29, 1.82) is 0 Å². The number of aromatic nitrogens is 10. The molecule has 16 nitrogen and oxygen atoms in total. The highest BCUT2D eigenvalue weighted by atomic mass is 35.5. The monoisotopic (exact) mass is 1800 g/mol. The first kappa shape index (κ1) is 84.2. The number of rotatable bonds is 15. The summed E-state index contributed by atoms with van der Waals surface area (Å²) in [6.45, 7) is 13.4. The van der Waals surface area contributed by atoms with Gasteiger partial charge in [-0.2, -0.15) is 19.2 Å². The number of fused-ring (bicyclic) bond motifs is 6. The average Bonchev–Trinajstić information content (AvgIpc) is 1.65. The zero-order valence-electron chi connectivity index (χ0n) is 56.2. The lowest BCUT2D eigenvalue weighted by atomic mass is 9.98. The molecule has 0 spiro atoms. The molecule has 6 aromatic heterocycles. The second-order valence-corrected chi connectivity index (χ2v) is 121. The van der Waals surface area contributed by atoms with Crippen LogP contribution in [0.5, 0.6) is 0 Å². The standard InChI is InChI=1S/C29H35N7O.C20H29N5O.C9H7ClN2.H26P24/c1-20-8-7-11-23-27(20)28(31-19-30-23)35-13-6-5-12-25(35)24-18-26-32-22-10-4-2-3-9-21(22)29(36(26)33-24)34-14-16-37-17-15-34;1-2-6-15-16(7-3-1)22-19-14-18(17-8-4-5-9-21-17)23-25(19)20(15)24-10-12-26-13-11-24;1-6-3-2-4-7-8(6)9(10)12-5-11-7;1-14(2)20(13)23(19(11)12)24(21(15(3)4)16(5)6)22(17(7)8)18(9)10/h7-8,11,18-19,25H,2-6,9-10,12-17H2,1H3;14,17,21H,1-13H2;2-5H,1H3;1-13H2. The molecule has 10 heterocycles. The van der Waals surface area contributed by atoms with Crippen LogP contribution in [-0.2, 0) is 35.2 Å². The molecule has 4 fully saturated rings. The quantitative estimate of drug-likeness (QED) is 0.0588. The Balaban J connectivity index is 0.000000142. The molecular weight excluding hydrogens is 1700 g/mol. The zero-order chi connectivity index (χ0) is 70.0. The van der Waals surface area contributed by atoms with Crippen molar-refractivity contribution in [2.24, 2.45) is 0 Å². The number of ether oxygens (including phenoxy) is 2. The van der Waals surface area contributed by atoms with Crippen molar-refractivity contribution in [3.63, 3.8) is 0 Å².